The van der Waals surface area contributed by atoms with Gasteiger partial charge in [-0.15, -0.1) is 0 Å². The number of halogens is 2. The van der Waals surface area contributed by atoms with Crippen LogP contribution in [0.3, 0.4) is 0 Å². The van der Waals surface area contributed by atoms with Gasteiger partial charge in [-0.3, -0.25) is 0 Å². The molecule has 0 atom stereocenters. The number of nitrogens with zero attached hydrogens (tertiary/aromatic N) is 2. The van der Waals surface area contributed by atoms with Crippen LogP contribution in [0.5, 0.6) is 0 Å². The van der Waals surface area contributed by atoms with Crippen LogP contribution in [0.4, 0.5) is 14.5 Å². The summed E-state index contributed by atoms with van der Waals surface area (Å²) in [4.78, 5) is 3.94. The zero-order valence-electron chi connectivity index (χ0n) is 8.74. The number of imidazole rings is 1. The number of aromatic nitrogens is 2. The van der Waals surface area contributed by atoms with Crippen molar-refractivity contribution in [3.8, 4) is 0 Å². The third-order valence-corrected chi connectivity index (χ3v) is 2.25. The number of benzene rings is 1. The highest BCUT2D eigenvalue weighted by Gasteiger charge is 2.01. The molecule has 0 aliphatic carbocycles. The van der Waals surface area contributed by atoms with Crippen molar-refractivity contribution in [2.45, 2.75) is 6.54 Å². The maximum Gasteiger partial charge on any atom is 0.128 e. The summed E-state index contributed by atoms with van der Waals surface area (Å²) in [5.41, 5.74) is 1.35. The maximum absolute atomic E-state index is 12.9. The first kappa shape index (κ1) is 10.6. The third-order valence-electron chi connectivity index (χ3n) is 2.25. The molecule has 1 heterocycles. The molecule has 0 fully saturated rings. The van der Waals surface area contributed by atoms with Gasteiger partial charge in [-0.25, -0.2) is 13.8 Å². The van der Waals surface area contributed by atoms with Gasteiger partial charge in [0.05, 0.1) is 18.6 Å². The number of nitrogens with one attached hydrogen (secondary N) is 1. The highest BCUT2D eigenvalue weighted by molar-refractivity contribution is 5.43. The molecular weight excluding hydrogens is 212 g/mol. The van der Waals surface area contributed by atoms with Crippen molar-refractivity contribution in [1.29, 1.82) is 0 Å². The van der Waals surface area contributed by atoms with Crippen LogP contribution in [-0.4, -0.2) is 9.55 Å². The molecule has 16 heavy (non-hydrogen) atoms. The minimum Gasteiger partial charge on any atom is -0.379 e. The first-order valence-electron chi connectivity index (χ1n) is 4.80. The standard InChI is InChI=1S/C11H11F2N3/c1-16-7-14-5-11(16)6-15-10-3-8(12)2-9(13)4-10/h2-5,7,15H,6H2,1H3. The number of hydrogen-bond acceptors (Lipinski definition) is 2. The van der Waals surface area contributed by atoms with E-state index < -0.39 is 11.6 Å². The summed E-state index contributed by atoms with van der Waals surface area (Å²) in [6.07, 6.45) is 3.37. The lowest BCUT2D eigenvalue weighted by Gasteiger charge is -2.07. The molecule has 0 unspecified atom stereocenters. The molecule has 0 amide bonds. The molecule has 1 aromatic heterocycles. The van der Waals surface area contributed by atoms with Crippen LogP contribution in [0.1, 0.15) is 5.69 Å². The van der Waals surface area contributed by atoms with Gasteiger partial charge in [-0.2, -0.15) is 0 Å². The van der Waals surface area contributed by atoms with Crippen molar-refractivity contribution in [3.05, 3.63) is 48.1 Å². The van der Waals surface area contributed by atoms with Crippen LogP contribution in [-0.2, 0) is 13.6 Å². The Morgan fingerprint density at radius 2 is 1.94 bits per heavy atom. The first-order valence-corrected chi connectivity index (χ1v) is 4.80. The van der Waals surface area contributed by atoms with Crippen molar-refractivity contribution in [2.75, 3.05) is 5.32 Å². The minimum absolute atomic E-state index is 0.415. The van der Waals surface area contributed by atoms with Gasteiger partial charge >= 0.3 is 0 Å². The average molecular weight is 223 g/mol. The summed E-state index contributed by atoms with van der Waals surface area (Å²) in [5.74, 6) is -1.18. The second kappa shape index (κ2) is 4.30. The Labute approximate surface area is 91.7 Å². The van der Waals surface area contributed by atoms with E-state index in [1.807, 2.05) is 11.6 Å². The fraction of sp³-hybridized carbons (Fsp3) is 0.182. The zero-order valence-corrected chi connectivity index (χ0v) is 8.74. The predicted molar refractivity (Wildman–Crippen MR) is 56.9 cm³/mol. The molecule has 0 spiro atoms. The molecular formula is C11H11F2N3. The summed E-state index contributed by atoms with van der Waals surface area (Å²) in [6, 6.07) is 3.34. The van der Waals surface area contributed by atoms with Crippen molar-refractivity contribution >= 4 is 5.69 Å². The zero-order chi connectivity index (χ0) is 11.5. The molecule has 0 radical (unpaired) electrons. The maximum atomic E-state index is 12.9. The van der Waals surface area contributed by atoms with Gasteiger partial charge < -0.3 is 9.88 Å². The Balaban J connectivity index is 2.07. The lowest BCUT2D eigenvalue weighted by molar-refractivity contribution is 0.584. The quantitative estimate of drug-likeness (QED) is 0.865. The van der Waals surface area contributed by atoms with Crippen molar-refractivity contribution < 1.29 is 8.78 Å². The Morgan fingerprint density at radius 3 is 2.50 bits per heavy atom. The second-order valence-corrected chi connectivity index (χ2v) is 3.51. The van der Waals surface area contributed by atoms with Gasteiger partial charge in [0, 0.05) is 25.0 Å². The smallest absolute Gasteiger partial charge is 0.128 e. The molecule has 0 bridgehead atoms. The summed E-state index contributed by atoms with van der Waals surface area (Å²) < 4.78 is 27.6. The predicted octanol–water partition coefficient (Wildman–Crippen LogP) is 2.31. The van der Waals surface area contributed by atoms with Crippen LogP contribution in [0.2, 0.25) is 0 Å². The van der Waals surface area contributed by atoms with Crippen molar-refractivity contribution in [1.82, 2.24) is 9.55 Å². The van der Waals surface area contributed by atoms with Crippen LogP contribution < -0.4 is 5.32 Å². The summed E-state index contributed by atoms with van der Waals surface area (Å²) in [6.45, 7) is 0.472. The lowest BCUT2D eigenvalue weighted by atomic mass is 10.3. The average Bonchev–Trinajstić information content (AvgIpc) is 2.59. The molecule has 2 aromatic rings. The fourth-order valence-corrected chi connectivity index (χ4v) is 1.40. The molecule has 0 aliphatic rings. The number of hydrogen-bond donors (Lipinski definition) is 1. The highest BCUT2D eigenvalue weighted by Crippen LogP contribution is 2.13. The Morgan fingerprint density at radius 1 is 1.25 bits per heavy atom. The molecule has 0 aliphatic heterocycles. The van der Waals surface area contributed by atoms with Gasteiger partial charge in [0.1, 0.15) is 11.6 Å². The van der Waals surface area contributed by atoms with E-state index >= 15 is 0 Å². The normalized spacial score (nSPS) is 10.4. The van der Waals surface area contributed by atoms with E-state index in [0.717, 1.165) is 11.8 Å². The summed E-state index contributed by atoms with van der Waals surface area (Å²) in [5, 5.41) is 2.93. The van der Waals surface area contributed by atoms with Gasteiger partial charge in [-0.05, 0) is 12.1 Å². The molecule has 1 N–H and O–H groups in total. The third kappa shape index (κ3) is 2.36. The van der Waals surface area contributed by atoms with E-state index in [9.17, 15) is 8.78 Å². The van der Waals surface area contributed by atoms with E-state index in [4.69, 9.17) is 0 Å². The van der Waals surface area contributed by atoms with E-state index in [-0.39, 0.29) is 0 Å². The second-order valence-electron chi connectivity index (χ2n) is 3.51. The van der Waals surface area contributed by atoms with E-state index in [1.165, 1.54) is 12.1 Å². The van der Waals surface area contributed by atoms with Crippen LogP contribution in [0.25, 0.3) is 0 Å². The number of anilines is 1. The Bertz CT molecular complexity index is 473. The fourth-order valence-electron chi connectivity index (χ4n) is 1.40. The van der Waals surface area contributed by atoms with Crippen molar-refractivity contribution in [2.24, 2.45) is 7.05 Å². The monoisotopic (exact) mass is 223 g/mol. The van der Waals surface area contributed by atoms with Crippen LogP contribution in [0.15, 0.2) is 30.7 Å². The van der Waals surface area contributed by atoms with Gasteiger partial charge in [0.2, 0.25) is 0 Å². The van der Waals surface area contributed by atoms with E-state index in [1.54, 1.807) is 12.5 Å². The first-order chi connectivity index (χ1) is 7.65. The van der Waals surface area contributed by atoms with Gasteiger partial charge in [0.15, 0.2) is 0 Å². The molecule has 2 rings (SSSR count). The largest absolute Gasteiger partial charge is 0.379 e. The molecule has 5 heteroatoms. The highest BCUT2D eigenvalue weighted by atomic mass is 19.1. The molecule has 0 saturated carbocycles. The minimum atomic E-state index is -0.590. The Kier molecular flexibility index (Phi) is 2.85. The van der Waals surface area contributed by atoms with Crippen LogP contribution >= 0.6 is 0 Å². The van der Waals surface area contributed by atoms with Crippen molar-refractivity contribution in [3.63, 3.8) is 0 Å². The molecule has 1 aromatic carbocycles. The van der Waals surface area contributed by atoms with Crippen LogP contribution in [0, 0.1) is 11.6 Å². The van der Waals surface area contributed by atoms with E-state index in [2.05, 4.69) is 10.3 Å². The molecule has 84 valence electrons. The SMILES string of the molecule is Cn1cncc1CNc1cc(F)cc(F)c1. The van der Waals surface area contributed by atoms with Gasteiger partial charge in [0.25, 0.3) is 0 Å². The number of aryl methyl sites for hydroxylation is 1. The van der Waals surface area contributed by atoms with E-state index in [0.29, 0.717) is 12.2 Å². The number of rotatable bonds is 3. The Hall–Kier alpha value is -1.91. The molecule has 3 nitrogen and oxygen atoms in total. The lowest BCUT2D eigenvalue weighted by Crippen LogP contribution is -2.04. The summed E-state index contributed by atoms with van der Waals surface area (Å²) in [7, 11) is 1.86. The topological polar surface area (TPSA) is 29.9 Å². The molecule has 0 saturated heterocycles. The summed E-state index contributed by atoms with van der Waals surface area (Å²) >= 11 is 0. The van der Waals surface area contributed by atoms with Gasteiger partial charge in [-0.1, -0.05) is 0 Å².